The van der Waals surface area contributed by atoms with E-state index in [1.165, 1.54) is 13.2 Å². The van der Waals surface area contributed by atoms with Crippen LogP contribution in [0.4, 0.5) is 5.69 Å². The molecule has 1 fully saturated rings. The van der Waals surface area contributed by atoms with Gasteiger partial charge in [0, 0.05) is 24.3 Å². The molecule has 5 heteroatoms. The van der Waals surface area contributed by atoms with Gasteiger partial charge in [-0.25, -0.2) is 4.79 Å². The maximum Gasteiger partial charge on any atom is 0.337 e. The monoisotopic (exact) mass is 276 g/mol. The van der Waals surface area contributed by atoms with Crippen molar-refractivity contribution in [3.63, 3.8) is 0 Å². The molecular weight excluding hydrogens is 256 g/mol. The van der Waals surface area contributed by atoms with Gasteiger partial charge in [0.15, 0.2) is 0 Å². The lowest BCUT2D eigenvalue weighted by atomic mass is 9.98. The van der Waals surface area contributed by atoms with E-state index in [0.717, 1.165) is 25.9 Å². The molecular formula is C15H20N2O3. The SMILES string of the molecule is COC(=O)c1cc(N)cc(C(=O)N2CCC(C)CC2)c1. The minimum absolute atomic E-state index is 0.0747. The minimum Gasteiger partial charge on any atom is -0.465 e. The first-order valence-electron chi connectivity index (χ1n) is 6.79. The Morgan fingerprint density at radius 2 is 1.80 bits per heavy atom. The molecule has 2 N–H and O–H groups in total. The van der Waals surface area contributed by atoms with Gasteiger partial charge in [0.1, 0.15) is 0 Å². The predicted octanol–water partition coefficient (Wildman–Crippen LogP) is 1.93. The topological polar surface area (TPSA) is 72.6 Å². The number of likely N-dealkylation sites (tertiary alicyclic amines) is 1. The van der Waals surface area contributed by atoms with Gasteiger partial charge in [0.25, 0.3) is 5.91 Å². The Balaban J connectivity index is 2.21. The lowest BCUT2D eigenvalue weighted by molar-refractivity contribution is 0.0600. The van der Waals surface area contributed by atoms with Crippen LogP contribution in [0.15, 0.2) is 18.2 Å². The highest BCUT2D eigenvalue weighted by molar-refractivity contribution is 5.99. The van der Waals surface area contributed by atoms with E-state index in [9.17, 15) is 9.59 Å². The predicted molar refractivity (Wildman–Crippen MR) is 76.5 cm³/mol. The summed E-state index contributed by atoms with van der Waals surface area (Å²) in [6.07, 6.45) is 2.02. The van der Waals surface area contributed by atoms with Crippen molar-refractivity contribution in [2.24, 2.45) is 5.92 Å². The van der Waals surface area contributed by atoms with Gasteiger partial charge in [-0.3, -0.25) is 4.79 Å². The summed E-state index contributed by atoms with van der Waals surface area (Å²) >= 11 is 0. The first-order chi connectivity index (χ1) is 9.51. The maximum atomic E-state index is 12.4. The number of nitrogens with zero attached hydrogens (tertiary/aromatic N) is 1. The average Bonchev–Trinajstić information content (AvgIpc) is 2.45. The minimum atomic E-state index is -0.487. The van der Waals surface area contributed by atoms with Gasteiger partial charge in [-0.2, -0.15) is 0 Å². The number of hydrogen-bond donors (Lipinski definition) is 1. The molecule has 1 aromatic carbocycles. The zero-order chi connectivity index (χ0) is 14.7. The molecule has 0 bridgehead atoms. The molecule has 1 aromatic rings. The third-order valence-electron chi connectivity index (χ3n) is 3.69. The molecule has 0 aromatic heterocycles. The zero-order valence-electron chi connectivity index (χ0n) is 11.9. The summed E-state index contributed by atoms with van der Waals surface area (Å²) in [4.78, 5) is 25.8. The van der Waals surface area contributed by atoms with Gasteiger partial charge in [-0.05, 0) is 37.0 Å². The number of hydrogen-bond acceptors (Lipinski definition) is 4. The molecule has 5 nitrogen and oxygen atoms in total. The number of carbonyl (C=O) groups excluding carboxylic acids is 2. The molecule has 1 amide bonds. The van der Waals surface area contributed by atoms with Crippen molar-refractivity contribution in [3.05, 3.63) is 29.3 Å². The molecule has 0 unspecified atom stereocenters. The van der Waals surface area contributed by atoms with E-state index in [2.05, 4.69) is 11.7 Å². The molecule has 0 atom stereocenters. The highest BCUT2D eigenvalue weighted by Gasteiger charge is 2.22. The van der Waals surface area contributed by atoms with E-state index < -0.39 is 5.97 Å². The molecule has 108 valence electrons. The fraction of sp³-hybridized carbons (Fsp3) is 0.467. The van der Waals surface area contributed by atoms with Crippen molar-refractivity contribution >= 4 is 17.6 Å². The number of nitrogen functional groups attached to an aromatic ring is 1. The van der Waals surface area contributed by atoms with Crippen LogP contribution in [-0.4, -0.2) is 37.0 Å². The van der Waals surface area contributed by atoms with Crippen molar-refractivity contribution in [2.45, 2.75) is 19.8 Å². The molecule has 20 heavy (non-hydrogen) atoms. The van der Waals surface area contributed by atoms with Crippen LogP contribution in [0.25, 0.3) is 0 Å². The van der Waals surface area contributed by atoms with Crippen LogP contribution in [0.3, 0.4) is 0 Å². The van der Waals surface area contributed by atoms with Crippen molar-refractivity contribution in [2.75, 3.05) is 25.9 Å². The number of rotatable bonds is 2. The van der Waals surface area contributed by atoms with Crippen molar-refractivity contribution < 1.29 is 14.3 Å². The fourth-order valence-corrected chi connectivity index (χ4v) is 2.41. The van der Waals surface area contributed by atoms with Crippen LogP contribution in [-0.2, 0) is 4.74 Å². The number of nitrogens with two attached hydrogens (primary N) is 1. The summed E-state index contributed by atoms with van der Waals surface area (Å²) in [5.41, 5.74) is 6.90. The first-order valence-corrected chi connectivity index (χ1v) is 6.79. The average molecular weight is 276 g/mol. The summed E-state index contributed by atoms with van der Waals surface area (Å²) in [5.74, 6) is 0.0958. The summed E-state index contributed by atoms with van der Waals surface area (Å²) in [7, 11) is 1.30. The van der Waals surface area contributed by atoms with E-state index in [0.29, 0.717) is 22.7 Å². The Bertz CT molecular complexity index is 520. The van der Waals surface area contributed by atoms with Crippen molar-refractivity contribution in [3.8, 4) is 0 Å². The Morgan fingerprint density at radius 3 is 2.40 bits per heavy atom. The Hall–Kier alpha value is -2.04. The second-order valence-corrected chi connectivity index (χ2v) is 5.31. The Labute approximate surface area is 118 Å². The molecule has 1 saturated heterocycles. The van der Waals surface area contributed by atoms with Gasteiger partial charge < -0.3 is 15.4 Å². The molecule has 0 aliphatic carbocycles. The van der Waals surface area contributed by atoms with Gasteiger partial charge in [0.05, 0.1) is 12.7 Å². The van der Waals surface area contributed by atoms with Crippen molar-refractivity contribution in [1.29, 1.82) is 0 Å². The number of amides is 1. The van der Waals surface area contributed by atoms with Crippen molar-refractivity contribution in [1.82, 2.24) is 4.90 Å². The summed E-state index contributed by atoms with van der Waals surface area (Å²) in [6.45, 7) is 3.70. The highest BCUT2D eigenvalue weighted by atomic mass is 16.5. The molecule has 0 spiro atoms. The molecule has 0 saturated carbocycles. The van der Waals surface area contributed by atoms with Crippen LogP contribution in [0.5, 0.6) is 0 Å². The molecule has 1 aliphatic rings. The van der Waals surface area contributed by atoms with Crippen LogP contribution < -0.4 is 5.73 Å². The Morgan fingerprint density at radius 1 is 1.20 bits per heavy atom. The number of piperidine rings is 1. The molecule has 1 aliphatic heterocycles. The normalized spacial score (nSPS) is 16.0. The third-order valence-corrected chi connectivity index (χ3v) is 3.69. The zero-order valence-corrected chi connectivity index (χ0v) is 11.9. The van der Waals surface area contributed by atoms with Gasteiger partial charge in [-0.1, -0.05) is 6.92 Å². The second kappa shape index (κ2) is 5.94. The standard InChI is InChI=1S/C15H20N2O3/c1-10-3-5-17(6-4-10)14(18)11-7-12(15(19)20-2)9-13(16)8-11/h7-10H,3-6,16H2,1-2H3. The number of carbonyl (C=O) groups is 2. The van der Waals surface area contributed by atoms with E-state index >= 15 is 0 Å². The smallest absolute Gasteiger partial charge is 0.337 e. The third kappa shape index (κ3) is 3.10. The number of benzene rings is 1. The van der Waals surface area contributed by atoms with Gasteiger partial charge >= 0.3 is 5.97 Å². The highest BCUT2D eigenvalue weighted by Crippen LogP contribution is 2.20. The largest absolute Gasteiger partial charge is 0.465 e. The van der Waals surface area contributed by atoms with E-state index in [1.807, 2.05) is 4.90 Å². The van der Waals surface area contributed by atoms with Crippen LogP contribution in [0, 0.1) is 5.92 Å². The second-order valence-electron chi connectivity index (χ2n) is 5.31. The molecule has 1 heterocycles. The molecule has 2 rings (SSSR count). The van der Waals surface area contributed by atoms with E-state index in [-0.39, 0.29) is 5.91 Å². The summed E-state index contributed by atoms with van der Waals surface area (Å²) < 4.78 is 4.67. The number of esters is 1. The van der Waals surface area contributed by atoms with Crippen LogP contribution in [0.2, 0.25) is 0 Å². The van der Waals surface area contributed by atoms with Gasteiger partial charge in [-0.15, -0.1) is 0 Å². The van der Waals surface area contributed by atoms with Gasteiger partial charge in [0.2, 0.25) is 0 Å². The first kappa shape index (κ1) is 14.4. The quantitative estimate of drug-likeness (QED) is 0.661. The van der Waals surface area contributed by atoms with Crippen LogP contribution in [0.1, 0.15) is 40.5 Å². The summed E-state index contributed by atoms with van der Waals surface area (Å²) in [5, 5.41) is 0. The molecule has 0 radical (unpaired) electrons. The lowest BCUT2D eigenvalue weighted by Crippen LogP contribution is -2.38. The number of anilines is 1. The fourth-order valence-electron chi connectivity index (χ4n) is 2.41. The van der Waals surface area contributed by atoms with Crippen LogP contribution >= 0.6 is 0 Å². The van der Waals surface area contributed by atoms with E-state index in [1.54, 1.807) is 12.1 Å². The summed E-state index contributed by atoms with van der Waals surface area (Å²) in [6, 6.07) is 4.66. The Kier molecular flexibility index (Phi) is 4.27. The van der Waals surface area contributed by atoms with E-state index in [4.69, 9.17) is 5.73 Å². The number of methoxy groups -OCH3 is 1. The number of ether oxygens (including phenoxy) is 1. The lowest BCUT2D eigenvalue weighted by Gasteiger charge is -2.30. The maximum absolute atomic E-state index is 12.4.